The standard InChI is InChI=1S/C2HClO4S/c3-8-7-2(5)6-1-4/h1H. The van der Waals surface area contributed by atoms with E-state index in [1.807, 2.05) is 0 Å². The Kier molecular flexibility index (Phi) is 4.48. The van der Waals surface area contributed by atoms with Crippen molar-refractivity contribution in [2.75, 3.05) is 0 Å². The van der Waals surface area contributed by atoms with Crippen LogP contribution in [0.5, 0.6) is 0 Å². The van der Waals surface area contributed by atoms with E-state index in [1.165, 1.54) is 0 Å². The average Bonchev–Trinajstić information content (AvgIpc) is 1.68. The zero-order valence-corrected chi connectivity index (χ0v) is 5.07. The van der Waals surface area contributed by atoms with Gasteiger partial charge in [0.25, 0.3) is 0 Å². The van der Waals surface area contributed by atoms with Gasteiger partial charge in [0.15, 0.2) is 11.3 Å². The molecule has 0 spiro atoms. The summed E-state index contributed by atoms with van der Waals surface area (Å²) in [5.74, 6) is 0. The highest BCUT2D eigenvalue weighted by Crippen LogP contribution is 2.07. The molecule has 0 atom stereocenters. The van der Waals surface area contributed by atoms with Crippen LogP contribution in [-0.2, 0) is 13.7 Å². The number of hydrogen-bond acceptors (Lipinski definition) is 5. The Hall–Kier alpha value is -0.420. The lowest BCUT2D eigenvalue weighted by atomic mass is 11.3. The maximum Gasteiger partial charge on any atom is 0.529 e. The van der Waals surface area contributed by atoms with Crippen molar-refractivity contribution in [1.82, 2.24) is 0 Å². The van der Waals surface area contributed by atoms with E-state index in [0.717, 1.165) is 0 Å². The summed E-state index contributed by atoms with van der Waals surface area (Å²) in [6, 6.07) is 0. The maximum absolute atomic E-state index is 9.86. The zero-order chi connectivity index (χ0) is 6.41. The van der Waals surface area contributed by atoms with Crippen LogP contribution in [0.3, 0.4) is 0 Å². The Morgan fingerprint density at radius 1 is 1.75 bits per heavy atom. The normalized spacial score (nSPS) is 7.62. The second-order valence-electron chi connectivity index (χ2n) is 0.610. The molecule has 0 saturated carbocycles. The van der Waals surface area contributed by atoms with Crippen molar-refractivity contribution in [3.05, 3.63) is 0 Å². The molecule has 0 radical (unpaired) electrons. The van der Waals surface area contributed by atoms with Gasteiger partial charge < -0.3 is 8.92 Å². The average molecular weight is 157 g/mol. The highest BCUT2D eigenvalue weighted by Gasteiger charge is 1.99. The summed E-state index contributed by atoms with van der Waals surface area (Å²) >= 11 is 0.288. The van der Waals surface area contributed by atoms with Crippen LogP contribution in [0.4, 0.5) is 4.79 Å². The third-order valence-corrected chi connectivity index (χ3v) is 0.632. The van der Waals surface area contributed by atoms with Crippen molar-refractivity contribution in [1.29, 1.82) is 0 Å². The van der Waals surface area contributed by atoms with Crippen molar-refractivity contribution in [2.24, 2.45) is 0 Å². The molecular weight excluding hydrogens is 156 g/mol. The largest absolute Gasteiger partial charge is 0.529 e. The Bertz CT molecular complexity index is 94.0. The summed E-state index contributed by atoms with van der Waals surface area (Å²) in [5.41, 5.74) is 0. The molecule has 0 unspecified atom stereocenters. The minimum atomic E-state index is -1.13. The molecule has 0 aromatic carbocycles. The van der Waals surface area contributed by atoms with E-state index in [0.29, 0.717) is 0 Å². The van der Waals surface area contributed by atoms with E-state index in [1.54, 1.807) is 0 Å². The summed E-state index contributed by atoms with van der Waals surface area (Å²) in [6.45, 7) is -0.0462. The molecule has 0 aromatic rings. The molecule has 0 fully saturated rings. The van der Waals surface area contributed by atoms with E-state index in [9.17, 15) is 9.59 Å². The van der Waals surface area contributed by atoms with Gasteiger partial charge in [-0.1, -0.05) is 0 Å². The molecule has 0 aliphatic heterocycles. The molecule has 0 amide bonds. The van der Waals surface area contributed by atoms with Gasteiger partial charge in [-0.2, -0.15) is 0 Å². The second kappa shape index (κ2) is 4.73. The first-order valence-corrected chi connectivity index (χ1v) is 2.97. The predicted molar refractivity (Wildman–Crippen MR) is 27.1 cm³/mol. The molecule has 0 heterocycles. The fourth-order valence-corrected chi connectivity index (χ4v) is 0.330. The van der Waals surface area contributed by atoms with E-state index in [2.05, 4.69) is 8.92 Å². The van der Waals surface area contributed by atoms with Crippen LogP contribution < -0.4 is 0 Å². The molecular formula is C2HClO4S. The molecule has 0 N–H and O–H groups in total. The van der Waals surface area contributed by atoms with Gasteiger partial charge in [0.1, 0.15) is 0 Å². The fraction of sp³-hybridized carbons (Fsp3) is 0. The van der Waals surface area contributed by atoms with Gasteiger partial charge in [0, 0.05) is 10.7 Å². The quantitative estimate of drug-likeness (QED) is 0.259. The number of ether oxygens (including phenoxy) is 1. The third kappa shape index (κ3) is 3.76. The summed E-state index contributed by atoms with van der Waals surface area (Å²) in [4.78, 5) is 19.2. The lowest BCUT2D eigenvalue weighted by Crippen LogP contribution is -1.98. The van der Waals surface area contributed by atoms with E-state index >= 15 is 0 Å². The number of halogens is 1. The molecule has 0 aliphatic rings. The van der Waals surface area contributed by atoms with Crippen molar-refractivity contribution in [3.8, 4) is 0 Å². The Balaban J connectivity index is 3.18. The van der Waals surface area contributed by atoms with Crippen LogP contribution in [0.15, 0.2) is 0 Å². The van der Waals surface area contributed by atoms with E-state index in [-0.39, 0.29) is 17.7 Å². The number of hydrogen-bond donors (Lipinski definition) is 0. The molecule has 0 rings (SSSR count). The van der Waals surface area contributed by atoms with E-state index < -0.39 is 6.16 Å². The van der Waals surface area contributed by atoms with Crippen LogP contribution in [0.2, 0.25) is 0 Å². The summed E-state index contributed by atoms with van der Waals surface area (Å²) in [7, 11) is 4.81. The molecule has 0 saturated heterocycles. The molecule has 6 heteroatoms. The first kappa shape index (κ1) is 7.58. The van der Waals surface area contributed by atoms with Crippen LogP contribution in [0.25, 0.3) is 0 Å². The van der Waals surface area contributed by atoms with Gasteiger partial charge in [0.05, 0.1) is 0 Å². The van der Waals surface area contributed by atoms with Crippen LogP contribution >= 0.6 is 21.9 Å². The summed E-state index contributed by atoms with van der Waals surface area (Å²) in [6.07, 6.45) is -1.13. The lowest BCUT2D eigenvalue weighted by molar-refractivity contribution is -0.124. The van der Waals surface area contributed by atoms with Crippen LogP contribution in [0, 0.1) is 0 Å². The van der Waals surface area contributed by atoms with Crippen molar-refractivity contribution in [3.63, 3.8) is 0 Å². The number of carbonyl (C=O) groups excluding carboxylic acids is 2. The number of carbonyl (C=O) groups is 2. The Labute approximate surface area is 53.8 Å². The second-order valence-corrected chi connectivity index (χ2v) is 1.28. The smallest absolute Gasteiger partial charge is 0.362 e. The molecule has 0 aliphatic carbocycles. The monoisotopic (exact) mass is 156 g/mol. The first-order valence-electron chi connectivity index (χ1n) is 1.40. The summed E-state index contributed by atoms with van der Waals surface area (Å²) < 4.78 is 7.51. The van der Waals surface area contributed by atoms with Gasteiger partial charge >= 0.3 is 12.6 Å². The summed E-state index contributed by atoms with van der Waals surface area (Å²) in [5, 5.41) is 0. The van der Waals surface area contributed by atoms with Gasteiger partial charge in [-0.25, -0.2) is 4.79 Å². The number of rotatable bonds is 2. The van der Waals surface area contributed by atoms with Gasteiger partial charge in [0.2, 0.25) is 0 Å². The van der Waals surface area contributed by atoms with Gasteiger partial charge in [-0.3, -0.25) is 4.79 Å². The molecule has 4 nitrogen and oxygen atoms in total. The van der Waals surface area contributed by atoms with Crippen molar-refractivity contribution in [2.45, 2.75) is 0 Å². The minimum Gasteiger partial charge on any atom is -0.362 e. The van der Waals surface area contributed by atoms with E-state index in [4.69, 9.17) is 10.7 Å². The predicted octanol–water partition coefficient (Wildman–Crippen LogP) is 1.10. The molecule has 46 valence electrons. The first-order chi connectivity index (χ1) is 3.81. The lowest BCUT2D eigenvalue weighted by Gasteiger charge is -1.89. The molecule has 8 heavy (non-hydrogen) atoms. The maximum atomic E-state index is 9.86. The van der Waals surface area contributed by atoms with Crippen molar-refractivity contribution < 1.29 is 18.5 Å². The van der Waals surface area contributed by atoms with Gasteiger partial charge in [-0.05, 0) is 0 Å². The topological polar surface area (TPSA) is 52.6 Å². The Morgan fingerprint density at radius 3 is 2.75 bits per heavy atom. The van der Waals surface area contributed by atoms with Crippen LogP contribution in [0.1, 0.15) is 0 Å². The molecule has 0 aromatic heterocycles. The molecule has 0 bridgehead atoms. The van der Waals surface area contributed by atoms with Crippen molar-refractivity contribution >= 4 is 34.6 Å². The minimum absolute atomic E-state index is 0.0462. The SMILES string of the molecule is O=COC(=O)OSCl. The van der Waals surface area contributed by atoms with Crippen LogP contribution in [-0.4, -0.2) is 12.6 Å². The van der Waals surface area contributed by atoms with Gasteiger partial charge in [-0.15, -0.1) is 0 Å². The highest BCUT2D eigenvalue weighted by molar-refractivity contribution is 8.17. The highest BCUT2D eigenvalue weighted by atomic mass is 35.7. The third-order valence-electron chi connectivity index (χ3n) is 0.244. The zero-order valence-electron chi connectivity index (χ0n) is 3.50. The fourth-order valence-electron chi connectivity index (χ4n) is 0.0846. The Morgan fingerprint density at radius 2 is 2.38 bits per heavy atom.